The molecule has 0 radical (unpaired) electrons. The largest absolute Gasteiger partial charge is 0.374 e. The lowest BCUT2D eigenvalue weighted by atomic mass is 9.72. The van der Waals surface area contributed by atoms with E-state index in [0.29, 0.717) is 18.4 Å². The van der Waals surface area contributed by atoms with Gasteiger partial charge in [-0.15, -0.1) is 0 Å². The molecule has 1 fully saturated rings. The van der Waals surface area contributed by atoms with Crippen LogP contribution in [0.5, 0.6) is 0 Å². The van der Waals surface area contributed by atoms with Crippen molar-refractivity contribution in [2.75, 3.05) is 13.1 Å². The van der Waals surface area contributed by atoms with Crippen LogP contribution in [0.15, 0.2) is 41.6 Å². The number of carbonyl (C=O) groups excluding carboxylic acids is 2. The molecule has 0 spiro atoms. The molecule has 1 aromatic carbocycles. The third kappa shape index (κ3) is 4.63. The third-order valence-electron chi connectivity index (χ3n) is 5.40. The van der Waals surface area contributed by atoms with Gasteiger partial charge in [-0.3, -0.25) is 9.59 Å². The normalized spacial score (nSPS) is 18.0. The SMILES string of the molecule is CCC(Cc1ccccc1)C(=C1C(=O)CC(C)(C)CC1=O)N(CC)CC. The maximum Gasteiger partial charge on any atom is 0.168 e. The Morgan fingerprint density at radius 1 is 1.00 bits per heavy atom. The maximum absolute atomic E-state index is 13.0. The Labute approximate surface area is 158 Å². The maximum atomic E-state index is 13.0. The van der Waals surface area contributed by atoms with Crippen molar-refractivity contribution in [3.8, 4) is 0 Å². The number of allylic oxidation sites excluding steroid dienone is 2. The van der Waals surface area contributed by atoms with Crippen molar-refractivity contribution in [1.82, 2.24) is 4.90 Å². The first kappa shape index (κ1) is 20.4. The quantitative estimate of drug-likeness (QED) is 0.520. The molecular weight excluding hydrogens is 322 g/mol. The summed E-state index contributed by atoms with van der Waals surface area (Å²) in [4.78, 5) is 28.2. The number of Topliss-reactive ketones (excluding diaryl/α,β-unsaturated/α-hetero) is 2. The van der Waals surface area contributed by atoms with E-state index in [1.54, 1.807) is 0 Å². The number of carbonyl (C=O) groups is 2. The highest BCUT2D eigenvalue weighted by Crippen LogP contribution is 2.37. The summed E-state index contributed by atoms with van der Waals surface area (Å²) in [5.74, 6) is 0.237. The van der Waals surface area contributed by atoms with Gasteiger partial charge in [0.05, 0.1) is 5.57 Å². The molecule has 0 saturated heterocycles. The van der Waals surface area contributed by atoms with Gasteiger partial charge in [0.15, 0.2) is 11.6 Å². The molecule has 0 amide bonds. The summed E-state index contributed by atoms with van der Waals surface area (Å²) in [5.41, 5.74) is 2.48. The predicted molar refractivity (Wildman–Crippen MR) is 107 cm³/mol. The van der Waals surface area contributed by atoms with Crippen LogP contribution in [0.1, 0.15) is 59.4 Å². The van der Waals surface area contributed by atoms with Crippen molar-refractivity contribution in [2.24, 2.45) is 11.3 Å². The minimum absolute atomic E-state index is 0.0275. The molecule has 2 rings (SSSR count). The Kier molecular flexibility index (Phi) is 6.80. The minimum Gasteiger partial charge on any atom is -0.374 e. The zero-order chi connectivity index (χ0) is 19.3. The van der Waals surface area contributed by atoms with Crippen LogP contribution >= 0.6 is 0 Å². The first-order valence-electron chi connectivity index (χ1n) is 9.92. The van der Waals surface area contributed by atoms with Crippen molar-refractivity contribution in [1.29, 1.82) is 0 Å². The number of hydrogen-bond donors (Lipinski definition) is 0. The lowest BCUT2D eigenvalue weighted by Crippen LogP contribution is -2.38. The van der Waals surface area contributed by atoms with Crippen molar-refractivity contribution in [2.45, 2.75) is 60.3 Å². The summed E-state index contributed by atoms with van der Waals surface area (Å²) in [6.07, 6.45) is 2.69. The van der Waals surface area contributed by atoms with Gasteiger partial charge >= 0.3 is 0 Å². The van der Waals surface area contributed by atoms with E-state index >= 15 is 0 Å². The minimum atomic E-state index is -0.229. The number of ketones is 2. The molecule has 26 heavy (non-hydrogen) atoms. The second-order valence-electron chi connectivity index (χ2n) is 8.09. The van der Waals surface area contributed by atoms with E-state index in [2.05, 4.69) is 37.8 Å². The second-order valence-corrected chi connectivity index (χ2v) is 8.09. The molecule has 1 unspecified atom stereocenters. The van der Waals surface area contributed by atoms with E-state index in [1.807, 2.05) is 32.0 Å². The van der Waals surface area contributed by atoms with E-state index in [0.717, 1.165) is 31.6 Å². The van der Waals surface area contributed by atoms with Gasteiger partial charge in [0, 0.05) is 37.5 Å². The van der Waals surface area contributed by atoms with E-state index in [1.165, 1.54) is 5.56 Å². The van der Waals surface area contributed by atoms with E-state index in [9.17, 15) is 9.59 Å². The Morgan fingerprint density at radius 2 is 1.54 bits per heavy atom. The fourth-order valence-corrected chi connectivity index (χ4v) is 4.07. The monoisotopic (exact) mass is 355 g/mol. The van der Waals surface area contributed by atoms with Crippen LogP contribution in [0.25, 0.3) is 0 Å². The molecule has 3 heteroatoms. The van der Waals surface area contributed by atoms with Gasteiger partial charge in [-0.2, -0.15) is 0 Å². The number of benzene rings is 1. The Hall–Kier alpha value is -1.90. The van der Waals surface area contributed by atoms with Crippen molar-refractivity contribution in [3.05, 3.63) is 47.2 Å². The molecule has 1 atom stereocenters. The first-order chi connectivity index (χ1) is 12.3. The van der Waals surface area contributed by atoms with Crippen LogP contribution in [0.3, 0.4) is 0 Å². The Bertz CT molecular complexity index is 647. The highest BCUT2D eigenvalue weighted by Gasteiger charge is 2.39. The second kappa shape index (κ2) is 8.66. The van der Waals surface area contributed by atoms with Gasteiger partial charge in [0.25, 0.3) is 0 Å². The molecule has 0 heterocycles. The Morgan fingerprint density at radius 3 is 2.00 bits per heavy atom. The molecule has 1 saturated carbocycles. The summed E-state index contributed by atoms with van der Waals surface area (Å²) in [6, 6.07) is 10.4. The van der Waals surface area contributed by atoms with Crippen molar-refractivity contribution >= 4 is 11.6 Å². The van der Waals surface area contributed by atoms with E-state index in [4.69, 9.17) is 0 Å². The molecule has 1 aliphatic rings. The van der Waals surface area contributed by atoms with Gasteiger partial charge in [0.2, 0.25) is 0 Å². The van der Waals surface area contributed by atoms with Crippen LogP contribution in [-0.2, 0) is 16.0 Å². The van der Waals surface area contributed by atoms with Gasteiger partial charge < -0.3 is 4.90 Å². The van der Waals surface area contributed by atoms with Crippen molar-refractivity contribution in [3.63, 3.8) is 0 Å². The summed E-state index contributed by atoms with van der Waals surface area (Å²) in [6.45, 7) is 12.0. The van der Waals surface area contributed by atoms with E-state index in [-0.39, 0.29) is 22.9 Å². The number of hydrogen-bond acceptors (Lipinski definition) is 3. The highest BCUT2D eigenvalue weighted by molar-refractivity contribution is 6.22. The molecular formula is C23H33NO2. The smallest absolute Gasteiger partial charge is 0.168 e. The molecule has 0 bridgehead atoms. The molecule has 3 nitrogen and oxygen atoms in total. The lowest BCUT2D eigenvalue weighted by molar-refractivity contribution is -0.127. The molecule has 0 aromatic heterocycles. The van der Waals surface area contributed by atoms with E-state index < -0.39 is 0 Å². The average Bonchev–Trinajstić information content (AvgIpc) is 2.58. The topological polar surface area (TPSA) is 37.4 Å². The van der Waals surface area contributed by atoms with Crippen LogP contribution in [0.4, 0.5) is 0 Å². The Balaban J connectivity index is 2.51. The summed E-state index contributed by atoms with van der Waals surface area (Å²) >= 11 is 0. The van der Waals surface area contributed by atoms with Crippen LogP contribution in [0.2, 0.25) is 0 Å². The summed E-state index contributed by atoms with van der Waals surface area (Å²) in [7, 11) is 0. The standard InChI is InChI=1S/C23H33NO2/c1-6-18(14-17-12-10-9-11-13-17)22(24(7-2)8-3)21-19(25)15-23(4,5)16-20(21)26/h9-13,18H,6-8,14-16H2,1-5H3. The zero-order valence-corrected chi connectivity index (χ0v) is 17.0. The van der Waals surface area contributed by atoms with Gasteiger partial charge in [-0.25, -0.2) is 0 Å². The van der Waals surface area contributed by atoms with Gasteiger partial charge in [-0.1, -0.05) is 51.1 Å². The van der Waals surface area contributed by atoms with Gasteiger partial charge in [-0.05, 0) is 37.7 Å². The van der Waals surface area contributed by atoms with Crippen LogP contribution in [-0.4, -0.2) is 29.6 Å². The summed E-state index contributed by atoms with van der Waals surface area (Å²) in [5, 5.41) is 0. The number of nitrogens with zero attached hydrogens (tertiary/aromatic N) is 1. The molecule has 0 N–H and O–H groups in total. The zero-order valence-electron chi connectivity index (χ0n) is 17.0. The van der Waals surface area contributed by atoms with Gasteiger partial charge in [0.1, 0.15) is 0 Å². The molecule has 142 valence electrons. The third-order valence-corrected chi connectivity index (χ3v) is 5.40. The molecule has 0 aliphatic heterocycles. The van der Waals surface area contributed by atoms with Crippen LogP contribution in [0, 0.1) is 11.3 Å². The highest BCUT2D eigenvalue weighted by atomic mass is 16.2. The summed E-state index contributed by atoms with van der Waals surface area (Å²) < 4.78 is 0. The van der Waals surface area contributed by atoms with Crippen molar-refractivity contribution < 1.29 is 9.59 Å². The fraction of sp³-hybridized carbons (Fsp3) is 0.565. The lowest BCUT2D eigenvalue weighted by Gasteiger charge is -2.36. The fourth-order valence-electron chi connectivity index (χ4n) is 4.07. The molecule has 1 aliphatic carbocycles. The molecule has 1 aromatic rings. The predicted octanol–water partition coefficient (Wildman–Crippen LogP) is 4.81. The first-order valence-corrected chi connectivity index (χ1v) is 9.92. The number of rotatable bonds is 7. The average molecular weight is 356 g/mol. The van der Waals surface area contributed by atoms with Crippen LogP contribution < -0.4 is 0 Å².